The quantitative estimate of drug-likeness (QED) is 0.884. The van der Waals surface area contributed by atoms with Crippen LogP contribution in [0.2, 0.25) is 0 Å². The van der Waals surface area contributed by atoms with Gasteiger partial charge in [-0.1, -0.05) is 36.8 Å². The molecule has 0 bridgehead atoms. The van der Waals surface area contributed by atoms with Gasteiger partial charge in [-0.05, 0) is 38.4 Å². The SMILES string of the molecule is C[C@H](NC(=O)CN1CCCCC1)c1ccccc1. The van der Waals surface area contributed by atoms with E-state index in [0.717, 1.165) is 18.7 Å². The first kappa shape index (κ1) is 13.1. The third kappa shape index (κ3) is 3.84. The zero-order valence-corrected chi connectivity index (χ0v) is 11.1. The van der Waals surface area contributed by atoms with Gasteiger partial charge in [-0.2, -0.15) is 0 Å². The lowest BCUT2D eigenvalue weighted by Crippen LogP contribution is -2.40. The molecule has 1 heterocycles. The van der Waals surface area contributed by atoms with Crippen LogP contribution in [0.3, 0.4) is 0 Å². The molecule has 0 aliphatic carbocycles. The molecule has 18 heavy (non-hydrogen) atoms. The number of nitrogens with one attached hydrogen (secondary N) is 1. The van der Waals surface area contributed by atoms with Gasteiger partial charge in [-0.15, -0.1) is 0 Å². The lowest BCUT2D eigenvalue weighted by Gasteiger charge is -2.26. The van der Waals surface area contributed by atoms with Crippen molar-refractivity contribution in [2.24, 2.45) is 0 Å². The number of rotatable bonds is 4. The molecule has 0 radical (unpaired) electrons. The van der Waals surface area contributed by atoms with Crippen LogP contribution >= 0.6 is 0 Å². The molecule has 1 aromatic carbocycles. The third-order valence-corrected chi connectivity index (χ3v) is 3.49. The van der Waals surface area contributed by atoms with Crippen LogP contribution in [0.25, 0.3) is 0 Å². The molecule has 98 valence electrons. The molecule has 0 aromatic heterocycles. The Morgan fingerprint density at radius 2 is 1.89 bits per heavy atom. The first-order valence-electron chi connectivity index (χ1n) is 6.82. The Labute approximate surface area is 109 Å². The van der Waals surface area contributed by atoms with Gasteiger partial charge in [-0.3, -0.25) is 9.69 Å². The first-order valence-corrected chi connectivity index (χ1v) is 6.82. The Kier molecular flexibility index (Phi) is 4.76. The molecule has 1 saturated heterocycles. The summed E-state index contributed by atoms with van der Waals surface area (Å²) >= 11 is 0. The van der Waals surface area contributed by atoms with E-state index in [-0.39, 0.29) is 11.9 Å². The van der Waals surface area contributed by atoms with E-state index in [1.165, 1.54) is 19.3 Å². The molecule has 1 fully saturated rings. The highest BCUT2D eigenvalue weighted by atomic mass is 16.2. The van der Waals surface area contributed by atoms with Gasteiger partial charge in [-0.25, -0.2) is 0 Å². The molecule has 3 heteroatoms. The zero-order chi connectivity index (χ0) is 12.8. The van der Waals surface area contributed by atoms with Crippen LogP contribution in [-0.4, -0.2) is 30.4 Å². The van der Waals surface area contributed by atoms with Gasteiger partial charge in [0.05, 0.1) is 12.6 Å². The molecule has 1 N–H and O–H groups in total. The van der Waals surface area contributed by atoms with Crippen LogP contribution in [-0.2, 0) is 4.79 Å². The summed E-state index contributed by atoms with van der Waals surface area (Å²) in [6.07, 6.45) is 3.75. The van der Waals surface area contributed by atoms with Crippen molar-refractivity contribution in [2.45, 2.75) is 32.2 Å². The van der Waals surface area contributed by atoms with E-state index in [4.69, 9.17) is 0 Å². The fraction of sp³-hybridized carbons (Fsp3) is 0.533. The smallest absolute Gasteiger partial charge is 0.234 e. The van der Waals surface area contributed by atoms with Crippen LogP contribution < -0.4 is 5.32 Å². The molecule has 0 spiro atoms. The summed E-state index contributed by atoms with van der Waals surface area (Å²) in [6.45, 7) is 4.70. The summed E-state index contributed by atoms with van der Waals surface area (Å²) in [6, 6.07) is 10.2. The fourth-order valence-electron chi connectivity index (χ4n) is 2.43. The van der Waals surface area contributed by atoms with E-state index in [1.54, 1.807) is 0 Å². The zero-order valence-electron chi connectivity index (χ0n) is 11.1. The Bertz CT molecular complexity index is 371. The van der Waals surface area contributed by atoms with Crippen LogP contribution in [0.15, 0.2) is 30.3 Å². The normalized spacial score (nSPS) is 18.3. The second-order valence-corrected chi connectivity index (χ2v) is 5.04. The molecule has 1 aromatic rings. The van der Waals surface area contributed by atoms with Crippen molar-refractivity contribution in [1.82, 2.24) is 10.2 Å². The van der Waals surface area contributed by atoms with E-state index in [1.807, 2.05) is 37.3 Å². The van der Waals surface area contributed by atoms with Crippen molar-refractivity contribution < 1.29 is 4.79 Å². The number of likely N-dealkylation sites (tertiary alicyclic amines) is 1. The Balaban J connectivity index is 1.80. The topological polar surface area (TPSA) is 32.3 Å². The van der Waals surface area contributed by atoms with Crippen molar-refractivity contribution in [1.29, 1.82) is 0 Å². The average Bonchev–Trinajstić information content (AvgIpc) is 2.40. The molecular formula is C15H22N2O. The van der Waals surface area contributed by atoms with Gasteiger partial charge in [0.25, 0.3) is 0 Å². The molecule has 1 aliphatic heterocycles. The number of benzene rings is 1. The molecule has 1 amide bonds. The van der Waals surface area contributed by atoms with Gasteiger partial charge >= 0.3 is 0 Å². The molecule has 2 rings (SSSR count). The number of piperidine rings is 1. The fourth-order valence-corrected chi connectivity index (χ4v) is 2.43. The van der Waals surface area contributed by atoms with Gasteiger partial charge in [0.1, 0.15) is 0 Å². The van der Waals surface area contributed by atoms with Crippen molar-refractivity contribution in [3.05, 3.63) is 35.9 Å². The van der Waals surface area contributed by atoms with E-state index < -0.39 is 0 Å². The van der Waals surface area contributed by atoms with E-state index in [9.17, 15) is 4.79 Å². The summed E-state index contributed by atoms with van der Waals surface area (Å²) in [7, 11) is 0. The molecule has 1 aliphatic rings. The van der Waals surface area contributed by atoms with Crippen LogP contribution in [0.5, 0.6) is 0 Å². The number of amides is 1. The summed E-state index contributed by atoms with van der Waals surface area (Å²) in [5.74, 6) is 0.133. The van der Waals surface area contributed by atoms with Crippen LogP contribution in [0.1, 0.15) is 37.8 Å². The van der Waals surface area contributed by atoms with E-state index >= 15 is 0 Å². The predicted molar refractivity (Wildman–Crippen MR) is 73.3 cm³/mol. The maximum atomic E-state index is 11.9. The maximum Gasteiger partial charge on any atom is 0.234 e. The summed E-state index contributed by atoms with van der Waals surface area (Å²) < 4.78 is 0. The summed E-state index contributed by atoms with van der Waals surface area (Å²) in [5.41, 5.74) is 1.16. The number of hydrogen-bond acceptors (Lipinski definition) is 2. The second-order valence-electron chi connectivity index (χ2n) is 5.04. The van der Waals surface area contributed by atoms with Gasteiger partial charge in [0.2, 0.25) is 5.91 Å². The Hall–Kier alpha value is -1.35. The Morgan fingerprint density at radius 1 is 1.22 bits per heavy atom. The third-order valence-electron chi connectivity index (χ3n) is 3.49. The minimum Gasteiger partial charge on any atom is -0.348 e. The standard InChI is InChI=1S/C15H22N2O/c1-13(14-8-4-2-5-9-14)16-15(18)12-17-10-6-3-7-11-17/h2,4-5,8-9,13H,3,6-7,10-12H2,1H3,(H,16,18)/t13-/m0/s1. The molecule has 3 nitrogen and oxygen atoms in total. The van der Waals surface area contributed by atoms with Crippen LogP contribution in [0, 0.1) is 0 Å². The highest BCUT2D eigenvalue weighted by molar-refractivity contribution is 5.78. The highest BCUT2D eigenvalue weighted by Gasteiger charge is 2.15. The Morgan fingerprint density at radius 3 is 2.56 bits per heavy atom. The van der Waals surface area contributed by atoms with Gasteiger partial charge in [0.15, 0.2) is 0 Å². The minimum absolute atomic E-state index is 0.0866. The van der Waals surface area contributed by atoms with Crippen LogP contribution in [0.4, 0.5) is 0 Å². The van der Waals surface area contributed by atoms with E-state index in [0.29, 0.717) is 6.54 Å². The minimum atomic E-state index is 0.0866. The lowest BCUT2D eigenvalue weighted by molar-refractivity contribution is -0.123. The number of carbonyl (C=O) groups is 1. The molecule has 1 atom stereocenters. The average molecular weight is 246 g/mol. The lowest BCUT2D eigenvalue weighted by atomic mass is 10.1. The number of nitrogens with zero attached hydrogens (tertiary/aromatic N) is 1. The van der Waals surface area contributed by atoms with Crippen molar-refractivity contribution in [3.63, 3.8) is 0 Å². The van der Waals surface area contributed by atoms with Crippen molar-refractivity contribution in [2.75, 3.05) is 19.6 Å². The monoisotopic (exact) mass is 246 g/mol. The highest BCUT2D eigenvalue weighted by Crippen LogP contribution is 2.12. The van der Waals surface area contributed by atoms with Gasteiger partial charge < -0.3 is 5.32 Å². The van der Waals surface area contributed by atoms with E-state index in [2.05, 4.69) is 10.2 Å². The summed E-state index contributed by atoms with van der Waals surface area (Å²) in [4.78, 5) is 14.2. The number of hydrogen-bond donors (Lipinski definition) is 1. The largest absolute Gasteiger partial charge is 0.348 e. The van der Waals surface area contributed by atoms with Gasteiger partial charge in [0, 0.05) is 0 Å². The van der Waals surface area contributed by atoms with Crippen molar-refractivity contribution >= 4 is 5.91 Å². The summed E-state index contributed by atoms with van der Waals surface area (Å²) in [5, 5.41) is 3.06. The molecule has 0 saturated carbocycles. The maximum absolute atomic E-state index is 11.9. The predicted octanol–water partition coefficient (Wildman–Crippen LogP) is 2.35. The molecule has 0 unspecified atom stereocenters. The van der Waals surface area contributed by atoms with Crippen molar-refractivity contribution in [3.8, 4) is 0 Å². The second kappa shape index (κ2) is 6.55. The number of carbonyl (C=O) groups excluding carboxylic acids is 1. The first-order chi connectivity index (χ1) is 8.75. The molecular weight excluding hydrogens is 224 g/mol.